The number of rotatable bonds is 3. The predicted molar refractivity (Wildman–Crippen MR) is 57.2 cm³/mol. The first-order valence-corrected chi connectivity index (χ1v) is 5.31. The van der Waals surface area contributed by atoms with Crippen LogP contribution in [0.15, 0.2) is 18.6 Å². The zero-order chi connectivity index (χ0) is 9.97. The molecule has 0 aliphatic heterocycles. The Balaban J connectivity index is 2.18. The molecule has 0 saturated heterocycles. The molecule has 2 heterocycles. The van der Waals surface area contributed by atoms with E-state index in [2.05, 4.69) is 21.5 Å². The summed E-state index contributed by atoms with van der Waals surface area (Å²) in [6.45, 7) is 2.91. The Morgan fingerprint density at radius 2 is 2.36 bits per heavy atom. The molecule has 0 fully saturated rings. The summed E-state index contributed by atoms with van der Waals surface area (Å²) in [6.07, 6.45) is 6.57. The molecular formula is C9H12N4S. The van der Waals surface area contributed by atoms with Crippen molar-refractivity contribution in [2.45, 2.75) is 19.9 Å². The summed E-state index contributed by atoms with van der Waals surface area (Å²) < 4.78 is 2.12. The van der Waals surface area contributed by atoms with Crippen LogP contribution in [0.3, 0.4) is 0 Å². The lowest BCUT2D eigenvalue weighted by Gasteiger charge is -2.02. The molecule has 2 rings (SSSR count). The molecule has 2 aromatic heterocycles. The lowest BCUT2D eigenvalue weighted by atomic mass is 10.4. The Bertz CT molecular complexity index is 418. The number of thiazole rings is 1. The molecule has 5 heteroatoms. The van der Waals surface area contributed by atoms with Crippen molar-refractivity contribution < 1.29 is 0 Å². The standard InChI is InChI=1S/C9H12N4S/c1-2-8-11-3-4-13(8)6-7-5-12-9(10)14-7/h3-5H,2,6H2,1H3,(H2,10,12). The number of hydrogen-bond donors (Lipinski definition) is 1. The molecule has 0 saturated carbocycles. The van der Waals surface area contributed by atoms with Gasteiger partial charge in [0.15, 0.2) is 5.13 Å². The number of anilines is 1. The minimum absolute atomic E-state index is 0.623. The van der Waals surface area contributed by atoms with Gasteiger partial charge in [-0.2, -0.15) is 0 Å². The number of nitrogens with two attached hydrogens (primary N) is 1. The highest BCUT2D eigenvalue weighted by Crippen LogP contribution is 2.16. The molecule has 2 aromatic rings. The van der Waals surface area contributed by atoms with E-state index in [4.69, 9.17) is 5.73 Å². The van der Waals surface area contributed by atoms with Gasteiger partial charge in [-0.3, -0.25) is 0 Å². The van der Waals surface area contributed by atoms with Crippen molar-refractivity contribution in [3.63, 3.8) is 0 Å². The molecule has 0 unspecified atom stereocenters. The van der Waals surface area contributed by atoms with E-state index in [0.717, 1.165) is 23.7 Å². The van der Waals surface area contributed by atoms with Crippen LogP contribution >= 0.6 is 11.3 Å². The third-order valence-electron chi connectivity index (χ3n) is 2.02. The number of nitrogens with zero attached hydrogens (tertiary/aromatic N) is 3. The number of imidazole rings is 1. The van der Waals surface area contributed by atoms with Crippen LogP contribution < -0.4 is 5.73 Å². The van der Waals surface area contributed by atoms with E-state index >= 15 is 0 Å². The summed E-state index contributed by atoms with van der Waals surface area (Å²) in [6, 6.07) is 0. The minimum atomic E-state index is 0.623. The van der Waals surface area contributed by atoms with Gasteiger partial charge in [0.1, 0.15) is 5.82 Å². The van der Waals surface area contributed by atoms with Gasteiger partial charge in [-0.15, -0.1) is 11.3 Å². The fourth-order valence-electron chi connectivity index (χ4n) is 1.36. The van der Waals surface area contributed by atoms with Gasteiger partial charge in [0.2, 0.25) is 0 Å². The molecule has 74 valence electrons. The van der Waals surface area contributed by atoms with Crippen LogP contribution in [0, 0.1) is 0 Å². The van der Waals surface area contributed by atoms with Gasteiger partial charge in [0.05, 0.1) is 6.54 Å². The molecule has 0 amide bonds. The zero-order valence-electron chi connectivity index (χ0n) is 7.97. The van der Waals surface area contributed by atoms with Crippen LogP contribution in [0.4, 0.5) is 5.13 Å². The topological polar surface area (TPSA) is 56.7 Å². The van der Waals surface area contributed by atoms with Crippen molar-refractivity contribution in [3.05, 3.63) is 29.3 Å². The van der Waals surface area contributed by atoms with Crippen LogP contribution in [0.1, 0.15) is 17.6 Å². The summed E-state index contributed by atoms with van der Waals surface area (Å²) in [5.41, 5.74) is 5.56. The van der Waals surface area contributed by atoms with Crippen LogP contribution in [0.25, 0.3) is 0 Å². The second-order valence-electron chi connectivity index (χ2n) is 2.99. The first kappa shape index (κ1) is 9.21. The molecule has 4 nitrogen and oxygen atoms in total. The highest BCUT2D eigenvalue weighted by atomic mass is 32.1. The number of hydrogen-bond acceptors (Lipinski definition) is 4. The van der Waals surface area contributed by atoms with Crippen LogP contribution in [-0.2, 0) is 13.0 Å². The minimum Gasteiger partial charge on any atom is -0.375 e. The van der Waals surface area contributed by atoms with Gasteiger partial charge in [0, 0.05) is 29.9 Å². The first-order chi connectivity index (χ1) is 6.79. The van der Waals surface area contributed by atoms with Crippen LogP contribution in [-0.4, -0.2) is 14.5 Å². The normalized spacial score (nSPS) is 10.6. The summed E-state index contributed by atoms with van der Waals surface area (Å²) >= 11 is 1.52. The molecular weight excluding hydrogens is 196 g/mol. The van der Waals surface area contributed by atoms with Gasteiger partial charge in [0.25, 0.3) is 0 Å². The third kappa shape index (κ3) is 1.77. The molecule has 0 aliphatic carbocycles. The number of nitrogen functional groups attached to an aromatic ring is 1. The molecule has 14 heavy (non-hydrogen) atoms. The van der Waals surface area contributed by atoms with E-state index in [1.54, 1.807) is 0 Å². The Morgan fingerprint density at radius 1 is 1.50 bits per heavy atom. The van der Waals surface area contributed by atoms with E-state index in [-0.39, 0.29) is 0 Å². The summed E-state index contributed by atoms with van der Waals surface area (Å²) in [5, 5.41) is 0.623. The second-order valence-corrected chi connectivity index (χ2v) is 4.14. The van der Waals surface area contributed by atoms with Crippen LogP contribution in [0.5, 0.6) is 0 Å². The Hall–Kier alpha value is -1.36. The smallest absolute Gasteiger partial charge is 0.180 e. The maximum absolute atomic E-state index is 5.56. The van der Waals surface area contributed by atoms with Gasteiger partial charge in [-0.05, 0) is 0 Å². The monoisotopic (exact) mass is 208 g/mol. The van der Waals surface area contributed by atoms with E-state index in [1.807, 2.05) is 18.6 Å². The van der Waals surface area contributed by atoms with Crippen molar-refractivity contribution >= 4 is 16.5 Å². The predicted octanol–water partition coefficient (Wildman–Crippen LogP) is 1.53. The Morgan fingerprint density at radius 3 is 3.00 bits per heavy atom. The molecule has 0 spiro atoms. The highest BCUT2D eigenvalue weighted by Gasteiger charge is 2.03. The quantitative estimate of drug-likeness (QED) is 0.832. The maximum Gasteiger partial charge on any atom is 0.180 e. The van der Waals surface area contributed by atoms with E-state index in [9.17, 15) is 0 Å². The SMILES string of the molecule is CCc1nccn1Cc1cnc(N)s1. The van der Waals surface area contributed by atoms with Crippen molar-refractivity contribution in [1.29, 1.82) is 0 Å². The van der Waals surface area contributed by atoms with E-state index in [0.29, 0.717) is 5.13 Å². The van der Waals surface area contributed by atoms with Gasteiger partial charge in [-0.1, -0.05) is 6.92 Å². The molecule has 0 aromatic carbocycles. The van der Waals surface area contributed by atoms with Crippen molar-refractivity contribution in [1.82, 2.24) is 14.5 Å². The molecule has 0 radical (unpaired) electrons. The largest absolute Gasteiger partial charge is 0.375 e. The van der Waals surface area contributed by atoms with Crippen LogP contribution in [0.2, 0.25) is 0 Å². The average Bonchev–Trinajstić information content (AvgIpc) is 2.76. The summed E-state index contributed by atoms with van der Waals surface area (Å²) in [4.78, 5) is 9.43. The van der Waals surface area contributed by atoms with E-state index in [1.165, 1.54) is 11.3 Å². The highest BCUT2D eigenvalue weighted by molar-refractivity contribution is 7.15. The zero-order valence-corrected chi connectivity index (χ0v) is 8.79. The molecule has 0 atom stereocenters. The third-order valence-corrected chi connectivity index (χ3v) is 2.83. The van der Waals surface area contributed by atoms with Crippen molar-refractivity contribution in [2.75, 3.05) is 5.73 Å². The lowest BCUT2D eigenvalue weighted by molar-refractivity contribution is 0.739. The lowest BCUT2D eigenvalue weighted by Crippen LogP contribution is -2.01. The number of aryl methyl sites for hydroxylation is 1. The maximum atomic E-state index is 5.56. The Labute approximate surface area is 86.4 Å². The summed E-state index contributed by atoms with van der Waals surface area (Å²) in [5.74, 6) is 1.09. The molecule has 0 aliphatic rings. The first-order valence-electron chi connectivity index (χ1n) is 4.49. The Kier molecular flexibility index (Phi) is 2.49. The average molecular weight is 208 g/mol. The van der Waals surface area contributed by atoms with Crippen molar-refractivity contribution in [2.24, 2.45) is 0 Å². The van der Waals surface area contributed by atoms with E-state index < -0.39 is 0 Å². The van der Waals surface area contributed by atoms with Crippen molar-refractivity contribution in [3.8, 4) is 0 Å². The fraction of sp³-hybridized carbons (Fsp3) is 0.333. The molecule has 2 N–H and O–H groups in total. The fourth-order valence-corrected chi connectivity index (χ4v) is 2.05. The van der Waals surface area contributed by atoms with Gasteiger partial charge < -0.3 is 10.3 Å². The number of aromatic nitrogens is 3. The van der Waals surface area contributed by atoms with Gasteiger partial charge in [-0.25, -0.2) is 9.97 Å². The summed E-state index contributed by atoms with van der Waals surface area (Å²) in [7, 11) is 0. The van der Waals surface area contributed by atoms with Gasteiger partial charge >= 0.3 is 0 Å². The second kappa shape index (κ2) is 3.79. The molecule has 0 bridgehead atoms.